The number of rotatable bonds is 4. The standard InChI is InChI=1S/C9H14BrNOS/c1-3-7(12-2)8(11)9-6(10)4-5-13-9/h4-5,7-8H,3,11H2,1-2H3. The molecule has 0 bridgehead atoms. The molecule has 0 radical (unpaired) electrons. The van der Waals surface area contributed by atoms with Crippen molar-refractivity contribution in [1.29, 1.82) is 0 Å². The molecule has 0 aliphatic heterocycles. The molecule has 13 heavy (non-hydrogen) atoms. The van der Waals surface area contributed by atoms with Crippen LogP contribution in [0.2, 0.25) is 0 Å². The summed E-state index contributed by atoms with van der Waals surface area (Å²) in [6.45, 7) is 2.08. The smallest absolute Gasteiger partial charge is 0.0769 e. The molecule has 1 rings (SSSR count). The van der Waals surface area contributed by atoms with E-state index in [9.17, 15) is 0 Å². The lowest BCUT2D eigenvalue weighted by atomic mass is 10.1. The number of halogens is 1. The van der Waals surface area contributed by atoms with Gasteiger partial charge in [0.05, 0.1) is 12.1 Å². The zero-order valence-electron chi connectivity index (χ0n) is 7.79. The van der Waals surface area contributed by atoms with Gasteiger partial charge in [-0.2, -0.15) is 0 Å². The van der Waals surface area contributed by atoms with E-state index in [2.05, 4.69) is 22.9 Å². The summed E-state index contributed by atoms with van der Waals surface area (Å²) in [6.07, 6.45) is 1.04. The van der Waals surface area contributed by atoms with Crippen LogP contribution in [0.5, 0.6) is 0 Å². The molecule has 0 fully saturated rings. The van der Waals surface area contributed by atoms with E-state index in [4.69, 9.17) is 10.5 Å². The third-order valence-electron chi connectivity index (χ3n) is 2.05. The molecule has 2 nitrogen and oxygen atoms in total. The molecule has 0 amide bonds. The van der Waals surface area contributed by atoms with Gasteiger partial charge in [0.1, 0.15) is 0 Å². The van der Waals surface area contributed by atoms with Crippen LogP contribution in [0.15, 0.2) is 15.9 Å². The highest BCUT2D eigenvalue weighted by Crippen LogP contribution is 2.30. The van der Waals surface area contributed by atoms with E-state index in [0.717, 1.165) is 15.8 Å². The number of thiophene rings is 1. The Morgan fingerprint density at radius 3 is 2.77 bits per heavy atom. The number of ether oxygens (including phenoxy) is 1. The van der Waals surface area contributed by atoms with Crippen molar-refractivity contribution in [3.63, 3.8) is 0 Å². The molecule has 2 N–H and O–H groups in total. The first-order chi connectivity index (χ1) is 6.20. The molecule has 0 saturated heterocycles. The summed E-state index contributed by atoms with van der Waals surface area (Å²) in [6, 6.07) is 1.99. The third kappa shape index (κ3) is 2.53. The maximum absolute atomic E-state index is 6.06. The van der Waals surface area contributed by atoms with Crippen LogP contribution in [0.1, 0.15) is 24.3 Å². The van der Waals surface area contributed by atoms with Crippen molar-refractivity contribution >= 4 is 27.3 Å². The maximum atomic E-state index is 6.06. The molecule has 0 spiro atoms. The molecule has 0 aliphatic rings. The Morgan fingerprint density at radius 2 is 2.38 bits per heavy atom. The first-order valence-corrected chi connectivity index (χ1v) is 5.89. The van der Waals surface area contributed by atoms with Crippen LogP contribution < -0.4 is 5.73 Å². The number of methoxy groups -OCH3 is 1. The topological polar surface area (TPSA) is 35.2 Å². The van der Waals surface area contributed by atoms with Gasteiger partial charge in [0, 0.05) is 16.5 Å². The molecular formula is C9H14BrNOS. The first kappa shape index (κ1) is 11.2. The van der Waals surface area contributed by atoms with E-state index in [0.29, 0.717) is 0 Å². The average molecular weight is 264 g/mol. The monoisotopic (exact) mass is 263 g/mol. The van der Waals surface area contributed by atoms with Crippen molar-refractivity contribution in [2.45, 2.75) is 25.5 Å². The van der Waals surface area contributed by atoms with Gasteiger partial charge in [0.25, 0.3) is 0 Å². The second-order valence-electron chi connectivity index (χ2n) is 2.84. The van der Waals surface area contributed by atoms with Crippen LogP contribution in [-0.2, 0) is 4.74 Å². The van der Waals surface area contributed by atoms with Crippen molar-refractivity contribution < 1.29 is 4.74 Å². The quantitative estimate of drug-likeness (QED) is 0.907. The summed E-state index contributed by atoms with van der Waals surface area (Å²) in [4.78, 5) is 1.16. The summed E-state index contributed by atoms with van der Waals surface area (Å²) in [5.41, 5.74) is 6.06. The zero-order chi connectivity index (χ0) is 9.84. The highest BCUT2D eigenvalue weighted by molar-refractivity contribution is 9.10. The third-order valence-corrected chi connectivity index (χ3v) is 4.03. The summed E-state index contributed by atoms with van der Waals surface area (Å²) in [5.74, 6) is 0. The van der Waals surface area contributed by atoms with Crippen LogP contribution in [0.3, 0.4) is 0 Å². The van der Waals surface area contributed by atoms with Crippen molar-refractivity contribution in [3.8, 4) is 0 Å². The summed E-state index contributed by atoms with van der Waals surface area (Å²) in [7, 11) is 1.70. The largest absolute Gasteiger partial charge is 0.379 e. The van der Waals surface area contributed by atoms with E-state index in [1.54, 1.807) is 18.4 Å². The molecule has 0 saturated carbocycles. The molecular weight excluding hydrogens is 250 g/mol. The fourth-order valence-corrected chi connectivity index (χ4v) is 2.97. The van der Waals surface area contributed by atoms with Gasteiger partial charge in [-0.1, -0.05) is 6.92 Å². The Kier molecular flexibility index (Phi) is 4.38. The second kappa shape index (κ2) is 5.10. The van der Waals surface area contributed by atoms with E-state index < -0.39 is 0 Å². The van der Waals surface area contributed by atoms with Gasteiger partial charge in [-0.05, 0) is 33.8 Å². The summed E-state index contributed by atoms with van der Waals surface area (Å²) in [5, 5.41) is 2.03. The fraction of sp³-hybridized carbons (Fsp3) is 0.556. The lowest BCUT2D eigenvalue weighted by Crippen LogP contribution is -2.26. The summed E-state index contributed by atoms with van der Waals surface area (Å²) >= 11 is 5.13. The van der Waals surface area contributed by atoms with Crippen LogP contribution in [-0.4, -0.2) is 13.2 Å². The van der Waals surface area contributed by atoms with Crippen LogP contribution in [0.4, 0.5) is 0 Å². The van der Waals surface area contributed by atoms with E-state index in [1.165, 1.54) is 0 Å². The number of nitrogens with two attached hydrogens (primary N) is 1. The van der Waals surface area contributed by atoms with Gasteiger partial charge in [0.15, 0.2) is 0 Å². The SMILES string of the molecule is CCC(OC)C(N)c1sccc1Br. The Morgan fingerprint density at radius 1 is 1.69 bits per heavy atom. The lowest BCUT2D eigenvalue weighted by molar-refractivity contribution is 0.0780. The minimum Gasteiger partial charge on any atom is -0.379 e. The Bertz CT molecular complexity index is 260. The predicted molar refractivity (Wildman–Crippen MR) is 60.0 cm³/mol. The van der Waals surface area contributed by atoms with Gasteiger partial charge in [-0.25, -0.2) is 0 Å². The van der Waals surface area contributed by atoms with Gasteiger partial charge in [-0.15, -0.1) is 11.3 Å². The van der Waals surface area contributed by atoms with E-state index >= 15 is 0 Å². The van der Waals surface area contributed by atoms with Gasteiger partial charge < -0.3 is 10.5 Å². The van der Waals surface area contributed by atoms with E-state index in [-0.39, 0.29) is 12.1 Å². The molecule has 1 heterocycles. The molecule has 1 aromatic rings. The highest BCUT2D eigenvalue weighted by Gasteiger charge is 2.20. The van der Waals surface area contributed by atoms with Crippen molar-refractivity contribution in [2.75, 3.05) is 7.11 Å². The van der Waals surface area contributed by atoms with Crippen molar-refractivity contribution in [2.24, 2.45) is 5.73 Å². The maximum Gasteiger partial charge on any atom is 0.0769 e. The lowest BCUT2D eigenvalue weighted by Gasteiger charge is -2.20. The molecule has 74 valence electrons. The zero-order valence-corrected chi connectivity index (χ0v) is 10.2. The minimum absolute atomic E-state index is 0.0237. The Balaban J connectivity index is 2.77. The molecule has 0 aliphatic carbocycles. The molecule has 4 heteroatoms. The molecule has 0 aromatic carbocycles. The van der Waals surface area contributed by atoms with Crippen LogP contribution in [0, 0.1) is 0 Å². The Labute approximate surface area is 91.2 Å². The molecule has 1 aromatic heterocycles. The van der Waals surface area contributed by atoms with Gasteiger partial charge in [0.2, 0.25) is 0 Å². The number of hydrogen-bond acceptors (Lipinski definition) is 3. The minimum atomic E-state index is -0.0237. The molecule has 2 unspecified atom stereocenters. The molecule has 2 atom stereocenters. The van der Waals surface area contributed by atoms with Crippen molar-refractivity contribution in [3.05, 3.63) is 20.8 Å². The normalized spacial score (nSPS) is 15.7. The van der Waals surface area contributed by atoms with Gasteiger partial charge >= 0.3 is 0 Å². The summed E-state index contributed by atoms with van der Waals surface area (Å²) < 4.78 is 6.38. The highest BCUT2D eigenvalue weighted by atomic mass is 79.9. The van der Waals surface area contributed by atoms with Gasteiger partial charge in [-0.3, -0.25) is 0 Å². The first-order valence-electron chi connectivity index (χ1n) is 4.22. The number of hydrogen-bond donors (Lipinski definition) is 1. The van der Waals surface area contributed by atoms with Crippen LogP contribution in [0.25, 0.3) is 0 Å². The second-order valence-corrected chi connectivity index (χ2v) is 4.64. The Hall–Kier alpha value is 0.100. The predicted octanol–water partition coefficient (Wildman–Crippen LogP) is 2.94. The van der Waals surface area contributed by atoms with Crippen molar-refractivity contribution in [1.82, 2.24) is 0 Å². The average Bonchev–Trinajstić information content (AvgIpc) is 2.53. The fourth-order valence-electron chi connectivity index (χ4n) is 1.28. The van der Waals surface area contributed by atoms with Crippen LogP contribution >= 0.6 is 27.3 Å². The van der Waals surface area contributed by atoms with E-state index in [1.807, 2.05) is 11.4 Å².